The van der Waals surface area contributed by atoms with Crippen LogP contribution in [0.4, 0.5) is 5.69 Å². The zero-order valence-corrected chi connectivity index (χ0v) is 16.6. The third-order valence-corrected chi connectivity index (χ3v) is 5.44. The number of ether oxygens (including phenoxy) is 1. The molecular weight excluding hydrogens is 388 g/mol. The molecular formula is C21H19N4O3S-. The number of fused-ring (bicyclic) bond motifs is 3. The highest BCUT2D eigenvalue weighted by molar-refractivity contribution is 7.99. The molecule has 4 rings (SSSR count). The van der Waals surface area contributed by atoms with Crippen LogP contribution in [0.25, 0.3) is 11.3 Å². The number of rotatable bonds is 6. The first kappa shape index (κ1) is 19.2. The Hall–Kier alpha value is -3.13. The van der Waals surface area contributed by atoms with E-state index >= 15 is 0 Å². The lowest BCUT2D eigenvalue weighted by Gasteiger charge is -2.19. The molecule has 2 aromatic carbocycles. The molecule has 0 spiro atoms. The molecule has 1 aliphatic heterocycles. The van der Waals surface area contributed by atoms with Gasteiger partial charge in [0.25, 0.3) is 0 Å². The van der Waals surface area contributed by atoms with Crippen LogP contribution >= 0.6 is 11.8 Å². The minimum absolute atomic E-state index is 0.113. The van der Waals surface area contributed by atoms with E-state index < -0.39 is 12.2 Å². The van der Waals surface area contributed by atoms with Gasteiger partial charge in [-0.05, 0) is 18.1 Å². The van der Waals surface area contributed by atoms with Gasteiger partial charge in [-0.3, -0.25) is 0 Å². The van der Waals surface area contributed by atoms with Gasteiger partial charge in [0.15, 0.2) is 11.9 Å². The predicted octanol–water partition coefficient (Wildman–Crippen LogP) is 3.30. The van der Waals surface area contributed by atoms with Gasteiger partial charge in [0, 0.05) is 22.6 Å². The van der Waals surface area contributed by atoms with Crippen LogP contribution in [-0.4, -0.2) is 26.9 Å². The maximum absolute atomic E-state index is 11.0. The van der Waals surface area contributed by atoms with Crippen LogP contribution in [0.3, 0.4) is 0 Å². The van der Waals surface area contributed by atoms with Gasteiger partial charge in [0.2, 0.25) is 11.0 Å². The summed E-state index contributed by atoms with van der Waals surface area (Å²) < 4.78 is 6.17. The highest BCUT2D eigenvalue weighted by Gasteiger charge is 2.26. The molecule has 1 aromatic heterocycles. The van der Waals surface area contributed by atoms with Crippen molar-refractivity contribution in [3.8, 4) is 17.1 Å². The summed E-state index contributed by atoms with van der Waals surface area (Å²) in [5, 5.41) is 23.6. The molecule has 0 unspecified atom stereocenters. The lowest BCUT2D eigenvalue weighted by molar-refractivity contribution is -0.255. The average Bonchev–Trinajstić information content (AvgIpc) is 2.90. The lowest BCUT2D eigenvalue weighted by atomic mass is 10.1. The molecule has 0 saturated carbocycles. The normalized spacial score (nSPS) is 14.7. The number of nitrogens with zero attached hydrogens (tertiary/aromatic N) is 3. The molecule has 0 aliphatic carbocycles. The third kappa shape index (κ3) is 4.17. The molecule has 0 radical (unpaired) electrons. The summed E-state index contributed by atoms with van der Waals surface area (Å²) in [5.74, 6) is 0.0954. The van der Waals surface area contributed by atoms with Crippen molar-refractivity contribution in [3.63, 3.8) is 0 Å². The van der Waals surface area contributed by atoms with Gasteiger partial charge in [0.05, 0.1) is 5.97 Å². The van der Waals surface area contributed by atoms with E-state index in [1.807, 2.05) is 24.3 Å². The van der Waals surface area contributed by atoms with Gasteiger partial charge in [-0.1, -0.05) is 67.6 Å². The van der Waals surface area contributed by atoms with Gasteiger partial charge in [-0.25, -0.2) is 0 Å². The summed E-state index contributed by atoms with van der Waals surface area (Å²) in [5.41, 5.74) is 3.13. The maximum Gasteiger partial charge on any atom is 0.247 e. The van der Waals surface area contributed by atoms with E-state index in [0.29, 0.717) is 16.7 Å². The molecule has 8 heteroatoms. The van der Waals surface area contributed by atoms with Gasteiger partial charge >= 0.3 is 0 Å². The second-order valence-electron chi connectivity index (χ2n) is 6.55. The molecule has 0 saturated heterocycles. The van der Waals surface area contributed by atoms with Crippen molar-refractivity contribution < 1.29 is 14.6 Å². The summed E-state index contributed by atoms with van der Waals surface area (Å²) >= 11 is 1.55. The number of thioether (sulfide) groups is 1. The lowest BCUT2D eigenvalue weighted by Crippen LogP contribution is -2.22. The van der Waals surface area contributed by atoms with Crippen molar-refractivity contribution in [2.75, 3.05) is 11.1 Å². The first-order chi connectivity index (χ1) is 14.2. The zero-order valence-electron chi connectivity index (χ0n) is 15.8. The Morgan fingerprint density at radius 3 is 2.72 bits per heavy atom. The van der Waals surface area contributed by atoms with Crippen LogP contribution in [0.1, 0.15) is 41.9 Å². The van der Waals surface area contributed by atoms with Crippen molar-refractivity contribution in [1.82, 2.24) is 15.2 Å². The summed E-state index contributed by atoms with van der Waals surface area (Å²) in [6.45, 7) is 2.14. The van der Waals surface area contributed by atoms with Crippen molar-refractivity contribution in [1.29, 1.82) is 0 Å². The van der Waals surface area contributed by atoms with Crippen LogP contribution in [-0.2, 0) is 0 Å². The van der Waals surface area contributed by atoms with Crippen molar-refractivity contribution in [2.45, 2.75) is 31.1 Å². The molecule has 3 aromatic rings. The smallest absolute Gasteiger partial charge is 0.247 e. The Balaban J connectivity index is 1.71. The van der Waals surface area contributed by atoms with Gasteiger partial charge in [-0.2, -0.15) is 4.98 Å². The molecule has 1 N–H and O–H groups in total. The van der Waals surface area contributed by atoms with Crippen LogP contribution in [0.5, 0.6) is 5.88 Å². The number of benzene rings is 2. The van der Waals surface area contributed by atoms with E-state index in [2.05, 4.69) is 27.4 Å². The molecule has 2 heterocycles. The Kier molecular flexibility index (Phi) is 5.62. The fourth-order valence-corrected chi connectivity index (χ4v) is 3.82. The minimum atomic E-state index is -1.22. The van der Waals surface area contributed by atoms with Gasteiger partial charge < -0.3 is 20.0 Å². The van der Waals surface area contributed by atoms with Crippen LogP contribution < -0.4 is 15.2 Å². The van der Waals surface area contributed by atoms with E-state index in [9.17, 15) is 9.90 Å². The van der Waals surface area contributed by atoms with Gasteiger partial charge in [0.1, 0.15) is 0 Å². The SMILES string of the molecule is CCCCSc1nnc2c(n1)O[C@H](c1ccc(C(=O)[O-])cc1)Nc1ccccc1-2. The number of para-hydroxylation sites is 1. The predicted molar refractivity (Wildman–Crippen MR) is 109 cm³/mol. The fraction of sp³-hybridized carbons (Fsp3) is 0.238. The van der Waals surface area contributed by atoms with Crippen molar-refractivity contribution in [2.24, 2.45) is 0 Å². The van der Waals surface area contributed by atoms with E-state index in [0.717, 1.165) is 35.4 Å². The fourth-order valence-electron chi connectivity index (χ4n) is 2.96. The Morgan fingerprint density at radius 1 is 1.17 bits per heavy atom. The second-order valence-corrected chi connectivity index (χ2v) is 7.61. The molecule has 7 nitrogen and oxygen atoms in total. The number of carbonyl (C=O) groups is 1. The standard InChI is InChI=1S/C21H20N4O3S/c1-2-3-12-29-21-23-19-17(24-25-21)15-6-4-5-7-16(15)22-18(28-19)13-8-10-14(11-9-13)20(26)27/h4-11,18,22H,2-3,12H2,1H3,(H,26,27)/p-1/t18-/m1/s1. The van der Waals surface area contributed by atoms with Crippen LogP contribution in [0.2, 0.25) is 0 Å². The van der Waals surface area contributed by atoms with E-state index in [-0.39, 0.29) is 5.56 Å². The number of nitrogens with one attached hydrogen (secondary N) is 1. The van der Waals surface area contributed by atoms with Crippen molar-refractivity contribution in [3.05, 3.63) is 59.7 Å². The molecule has 29 heavy (non-hydrogen) atoms. The minimum Gasteiger partial charge on any atom is -0.545 e. The number of carboxylic acids is 1. The zero-order chi connectivity index (χ0) is 20.2. The monoisotopic (exact) mass is 407 g/mol. The Bertz CT molecular complexity index is 1030. The average molecular weight is 407 g/mol. The molecule has 148 valence electrons. The maximum atomic E-state index is 11.0. The molecule has 0 bridgehead atoms. The highest BCUT2D eigenvalue weighted by Crippen LogP contribution is 2.39. The topological polar surface area (TPSA) is 100 Å². The van der Waals surface area contributed by atoms with E-state index in [1.54, 1.807) is 23.9 Å². The van der Waals surface area contributed by atoms with Crippen molar-refractivity contribution >= 4 is 23.4 Å². The quantitative estimate of drug-likeness (QED) is 0.491. The summed E-state index contributed by atoms with van der Waals surface area (Å²) in [7, 11) is 0. The third-order valence-electron chi connectivity index (χ3n) is 4.51. The Morgan fingerprint density at radius 2 is 1.97 bits per heavy atom. The first-order valence-electron chi connectivity index (χ1n) is 9.37. The molecule has 0 amide bonds. The summed E-state index contributed by atoms with van der Waals surface area (Å²) in [6, 6.07) is 14.1. The first-order valence-corrected chi connectivity index (χ1v) is 10.4. The number of anilines is 1. The van der Waals surface area contributed by atoms with Gasteiger partial charge in [-0.15, -0.1) is 10.2 Å². The molecule has 0 fully saturated rings. The van der Waals surface area contributed by atoms with Crippen LogP contribution in [0.15, 0.2) is 53.7 Å². The summed E-state index contributed by atoms with van der Waals surface area (Å²) in [6.07, 6.45) is 1.62. The number of aromatic nitrogens is 3. The Labute approximate surface area is 172 Å². The largest absolute Gasteiger partial charge is 0.545 e. The summed E-state index contributed by atoms with van der Waals surface area (Å²) in [4.78, 5) is 15.6. The molecule has 1 aliphatic rings. The number of unbranched alkanes of at least 4 members (excludes halogenated alkanes) is 1. The number of aromatic carboxylic acids is 1. The van der Waals surface area contributed by atoms with Crippen LogP contribution in [0, 0.1) is 0 Å². The number of hydrogen-bond donors (Lipinski definition) is 1. The van der Waals surface area contributed by atoms with E-state index in [4.69, 9.17) is 4.74 Å². The highest BCUT2D eigenvalue weighted by atomic mass is 32.2. The second kappa shape index (κ2) is 8.48. The number of carboxylic acid groups (broad SMARTS) is 1. The number of carbonyl (C=O) groups excluding carboxylic acids is 1. The number of hydrogen-bond acceptors (Lipinski definition) is 8. The van der Waals surface area contributed by atoms with E-state index in [1.165, 1.54) is 12.1 Å². The molecule has 1 atom stereocenters.